The summed E-state index contributed by atoms with van der Waals surface area (Å²) in [6.45, 7) is 6.00. The van der Waals surface area contributed by atoms with Gasteiger partial charge in [0.25, 0.3) is 0 Å². The van der Waals surface area contributed by atoms with Crippen molar-refractivity contribution in [1.29, 1.82) is 0 Å². The maximum absolute atomic E-state index is 6.30. The van der Waals surface area contributed by atoms with Crippen molar-refractivity contribution >= 4 is 99.7 Å². The number of aliphatic imine (C=N–C) groups is 4. The van der Waals surface area contributed by atoms with E-state index in [-0.39, 0.29) is 0 Å². The van der Waals surface area contributed by atoms with E-state index in [2.05, 4.69) is 167 Å². The summed E-state index contributed by atoms with van der Waals surface area (Å²) in [5, 5.41) is 0. The average Bonchev–Trinajstić information content (AvgIpc) is 4.30. The highest BCUT2D eigenvalue weighted by Gasteiger charge is 2.28. The summed E-state index contributed by atoms with van der Waals surface area (Å²) in [6, 6.07) is 25.5. The molecule has 0 amide bonds. The van der Waals surface area contributed by atoms with Gasteiger partial charge in [-0.3, -0.25) is 0 Å². The minimum Gasteiger partial charge on any atom is -0.494 e. The molecule has 10 heteroatoms. The predicted octanol–water partition coefficient (Wildman–Crippen LogP) is 19.9. The van der Waals surface area contributed by atoms with Gasteiger partial charge in [0.15, 0.2) is 0 Å². The molecule has 0 fully saturated rings. The summed E-state index contributed by atoms with van der Waals surface area (Å²) >= 11 is 10.9. The van der Waals surface area contributed by atoms with Gasteiger partial charge in [-0.05, 0) is 153 Å². The van der Waals surface area contributed by atoms with E-state index in [9.17, 15) is 0 Å². The molecular formula is C64H70Br2N4O2S2. The van der Waals surface area contributed by atoms with Crippen LogP contribution < -0.4 is 9.47 Å². The number of hydrogen-bond acceptors (Lipinski definition) is 8. The van der Waals surface area contributed by atoms with Crippen LogP contribution >= 0.6 is 54.5 Å². The van der Waals surface area contributed by atoms with Gasteiger partial charge in [-0.15, -0.1) is 22.7 Å². The number of nitrogens with zero attached hydrogens (tertiary/aromatic N) is 4. The molecule has 7 heterocycles. The molecule has 0 spiro atoms. The lowest BCUT2D eigenvalue weighted by Gasteiger charge is -2.13. The van der Waals surface area contributed by atoms with Crippen molar-refractivity contribution in [2.45, 2.75) is 142 Å². The van der Waals surface area contributed by atoms with Crippen LogP contribution in [0.3, 0.4) is 0 Å². The number of fused-ring (bicyclic) bond motifs is 4. The van der Waals surface area contributed by atoms with Crippen LogP contribution in [-0.4, -0.2) is 36.1 Å². The molecule has 0 atom stereocenters. The van der Waals surface area contributed by atoms with Gasteiger partial charge in [0.2, 0.25) is 0 Å². The maximum atomic E-state index is 6.30. The highest BCUT2D eigenvalue weighted by atomic mass is 79.9. The quantitative estimate of drug-likeness (QED) is 0.0532. The van der Waals surface area contributed by atoms with Gasteiger partial charge in [-0.1, -0.05) is 154 Å². The van der Waals surface area contributed by atoms with Gasteiger partial charge in [0.05, 0.1) is 66.4 Å². The summed E-state index contributed by atoms with van der Waals surface area (Å²) < 4.78 is 14.7. The summed E-state index contributed by atoms with van der Waals surface area (Å²) in [6.07, 6.45) is 43.1. The van der Waals surface area contributed by atoms with Gasteiger partial charge in [0, 0.05) is 32.0 Å². The first-order chi connectivity index (χ1) is 36.4. The number of benzene rings is 2. The van der Waals surface area contributed by atoms with Crippen molar-refractivity contribution < 1.29 is 9.47 Å². The fraction of sp³-hybridized carbons (Fsp3) is 0.375. The third-order valence-electron chi connectivity index (χ3n) is 14.1. The Morgan fingerprint density at radius 2 is 0.635 bits per heavy atom. The first-order valence-electron chi connectivity index (χ1n) is 27.5. The second kappa shape index (κ2) is 27.7. The van der Waals surface area contributed by atoms with Crippen molar-refractivity contribution in [3.63, 3.8) is 0 Å². The van der Waals surface area contributed by atoms with Crippen molar-refractivity contribution in [3.8, 4) is 11.5 Å². The number of halogens is 2. The van der Waals surface area contributed by atoms with Crippen molar-refractivity contribution in [2.24, 2.45) is 20.0 Å². The highest BCUT2D eigenvalue weighted by Crippen LogP contribution is 2.42. The van der Waals surface area contributed by atoms with Crippen LogP contribution in [0.5, 0.6) is 11.5 Å². The first kappa shape index (κ1) is 53.8. The van der Waals surface area contributed by atoms with Crippen LogP contribution in [-0.2, 0) is 0 Å². The average molecular weight is 1150 g/mol. The van der Waals surface area contributed by atoms with E-state index >= 15 is 0 Å². The van der Waals surface area contributed by atoms with E-state index in [0.717, 1.165) is 134 Å². The fourth-order valence-corrected chi connectivity index (χ4v) is 13.0. The third kappa shape index (κ3) is 14.3. The summed E-state index contributed by atoms with van der Waals surface area (Å²) in [5.41, 5.74) is 12.6. The molecule has 5 aliphatic heterocycles. The number of unbranched alkanes of at least 4 members (excludes halogenated alkanes) is 18. The molecule has 0 saturated carbocycles. The van der Waals surface area contributed by atoms with Gasteiger partial charge in [0.1, 0.15) is 11.5 Å². The van der Waals surface area contributed by atoms with E-state index in [1.165, 1.54) is 116 Å². The Bertz CT molecular complexity index is 2780. The fourth-order valence-electron chi connectivity index (χ4n) is 10.1. The third-order valence-corrected chi connectivity index (χ3v) is 17.3. The van der Waals surface area contributed by atoms with Crippen LogP contribution in [0, 0.1) is 0 Å². The van der Waals surface area contributed by atoms with E-state index in [1.807, 2.05) is 0 Å². The topological polar surface area (TPSA) is 67.9 Å². The van der Waals surface area contributed by atoms with Gasteiger partial charge >= 0.3 is 0 Å². The standard InChI is InChI=1S/C64H70Br2N4O2S2/c1-3-5-7-9-11-13-15-17-19-21-43-71-47-27-23-45(24-28-47)61-49-31-35-53(67-49)63(57-39-41-59(65)73-57)55-37-33-51(69-55)62(46-25-29-48(30-26-46)72-44-22-20-18-16-14-12-10-8-6-4-2)52-34-38-56(70-52)64(54-36-32-50(61)68-54)58-40-42-60(66)74-58/h23-42H,3-22,43-44H2,1-2H3. The van der Waals surface area contributed by atoms with Gasteiger partial charge < -0.3 is 9.47 Å². The Morgan fingerprint density at radius 1 is 0.338 bits per heavy atom. The van der Waals surface area contributed by atoms with E-state index < -0.39 is 0 Å². The molecule has 0 radical (unpaired) electrons. The molecular weight excluding hydrogens is 1080 g/mol. The number of allylic oxidation sites excluding steroid dienone is 12. The second-order valence-corrected chi connectivity index (χ2v) is 24.6. The molecule has 74 heavy (non-hydrogen) atoms. The van der Waals surface area contributed by atoms with Crippen molar-refractivity contribution in [3.05, 3.63) is 173 Å². The second-order valence-electron chi connectivity index (χ2n) is 19.7. The molecule has 8 bridgehead atoms. The van der Waals surface area contributed by atoms with Gasteiger partial charge in [-0.25, -0.2) is 20.0 Å². The monoisotopic (exact) mass is 1150 g/mol. The number of thiophene rings is 2. The maximum Gasteiger partial charge on any atom is 0.119 e. The lowest BCUT2D eigenvalue weighted by molar-refractivity contribution is 0.304. The predicted molar refractivity (Wildman–Crippen MR) is 326 cm³/mol. The van der Waals surface area contributed by atoms with E-state index in [4.69, 9.17) is 29.4 Å². The Kier molecular flexibility index (Phi) is 20.1. The van der Waals surface area contributed by atoms with Crippen LogP contribution in [0.15, 0.2) is 172 Å². The Balaban J connectivity index is 1.01. The van der Waals surface area contributed by atoms with Gasteiger partial charge in [-0.2, -0.15) is 0 Å². The minimum absolute atomic E-state index is 0.720. The first-order valence-corrected chi connectivity index (χ1v) is 30.7. The van der Waals surface area contributed by atoms with Crippen LogP contribution in [0.2, 0.25) is 0 Å². The molecule has 0 N–H and O–H groups in total. The van der Waals surface area contributed by atoms with Crippen molar-refractivity contribution in [2.75, 3.05) is 13.2 Å². The molecule has 0 aliphatic carbocycles. The van der Waals surface area contributed by atoms with Crippen molar-refractivity contribution in [1.82, 2.24) is 0 Å². The Hall–Kier alpha value is -5.00. The molecule has 6 nitrogen and oxygen atoms in total. The summed E-state index contributed by atoms with van der Waals surface area (Å²) in [4.78, 5) is 24.0. The molecule has 9 rings (SSSR count). The largest absolute Gasteiger partial charge is 0.494 e. The molecule has 2 aromatic carbocycles. The molecule has 2 aromatic heterocycles. The van der Waals surface area contributed by atoms with Crippen LogP contribution in [0.25, 0.3) is 22.3 Å². The summed E-state index contributed by atoms with van der Waals surface area (Å²) in [5.74, 6) is 1.75. The molecule has 384 valence electrons. The van der Waals surface area contributed by atoms with Crippen LogP contribution in [0.1, 0.15) is 163 Å². The SMILES string of the molecule is CCCCCCCCCCCCOc1ccc(C2=C3C=CC(=N3)C(c3ccc(Br)s3)=C3C=CC(=N3)C(c3ccc(OCCCCCCCCCCCC)cc3)=C3C=CC(=N3)C(c3ccc(Br)s3)=C3C=CC2=N3)cc1. The number of hydrogen-bond donors (Lipinski definition) is 0. The Morgan fingerprint density at radius 3 is 0.946 bits per heavy atom. The van der Waals surface area contributed by atoms with E-state index in [0.29, 0.717) is 0 Å². The van der Waals surface area contributed by atoms with Crippen LogP contribution in [0.4, 0.5) is 0 Å². The normalized spacial score (nSPS) is 15.8. The zero-order valence-corrected chi connectivity index (χ0v) is 48.1. The zero-order chi connectivity index (χ0) is 50.9. The molecule has 5 aliphatic rings. The summed E-state index contributed by atoms with van der Waals surface area (Å²) in [7, 11) is 0. The minimum atomic E-state index is 0.720. The number of rotatable bonds is 28. The lowest BCUT2D eigenvalue weighted by atomic mass is 9.98. The Labute approximate surface area is 465 Å². The lowest BCUT2D eigenvalue weighted by Crippen LogP contribution is -2.03. The number of ether oxygens (including phenoxy) is 2. The molecule has 0 unspecified atom stereocenters. The highest BCUT2D eigenvalue weighted by molar-refractivity contribution is 9.11. The molecule has 4 aromatic rings. The zero-order valence-electron chi connectivity index (χ0n) is 43.3. The van der Waals surface area contributed by atoms with E-state index in [1.54, 1.807) is 22.7 Å². The molecule has 0 saturated heterocycles. The smallest absolute Gasteiger partial charge is 0.119 e.